The number of nitrogens with zero attached hydrogens (tertiary/aromatic N) is 1. The molecule has 2 rings (SSSR count). The van der Waals surface area contributed by atoms with Crippen LogP contribution in [0.2, 0.25) is 0 Å². The topological polar surface area (TPSA) is 88.2 Å². The first kappa shape index (κ1) is 13.5. The van der Waals surface area contributed by atoms with Gasteiger partial charge in [0.2, 0.25) is 0 Å². The zero-order valence-corrected chi connectivity index (χ0v) is 11.3. The quantitative estimate of drug-likeness (QED) is 0.763. The van der Waals surface area contributed by atoms with Gasteiger partial charge in [-0.25, -0.2) is 4.98 Å². The van der Waals surface area contributed by atoms with Crippen LogP contribution >= 0.6 is 11.3 Å². The van der Waals surface area contributed by atoms with Gasteiger partial charge in [0.15, 0.2) is 0 Å². The Hall–Kier alpha value is -0.980. The fraction of sp³-hybridized carbons (Fsp3) is 0.667. The van der Waals surface area contributed by atoms with Crippen LogP contribution in [0.3, 0.4) is 0 Å². The first-order valence-corrected chi connectivity index (χ1v) is 7.09. The summed E-state index contributed by atoms with van der Waals surface area (Å²) in [7, 11) is 0. The zero-order chi connectivity index (χ0) is 13.2. The molecule has 1 amide bonds. The van der Waals surface area contributed by atoms with Crippen molar-refractivity contribution in [3.05, 3.63) is 16.1 Å². The van der Waals surface area contributed by atoms with Crippen molar-refractivity contribution in [2.75, 3.05) is 6.54 Å². The van der Waals surface area contributed by atoms with E-state index in [1.54, 1.807) is 0 Å². The van der Waals surface area contributed by atoms with Gasteiger partial charge in [0, 0.05) is 12.6 Å². The maximum Gasteiger partial charge on any atom is 0.262 e. The number of nitrogens with two attached hydrogens (primary N) is 1. The standard InChI is InChI=1S/C12H19N3O2S/c1-2-14-10(16)9-7-15-11(18-9)12(17)5-3-8(13)4-6-12/h7-8,17H,2-6,13H2,1H3,(H,14,16). The predicted octanol–water partition coefficient (Wildman–Crippen LogP) is 0.982. The highest BCUT2D eigenvalue weighted by Gasteiger charge is 2.36. The fourth-order valence-electron chi connectivity index (χ4n) is 2.17. The van der Waals surface area contributed by atoms with Gasteiger partial charge in [0.05, 0.1) is 6.20 Å². The van der Waals surface area contributed by atoms with E-state index in [0.29, 0.717) is 29.3 Å². The molecule has 4 N–H and O–H groups in total. The molecular formula is C12H19N3O2S. The van der Waals surface area contributed by atoms with Gasteiger partial charge in [-0.2, -0.15) is 0 Å². The van der Waals surface area contributed by atoms with Gasteiger partial charge in [-0.1, -0.05) is 0 Å². The smallest absolute Gasteiger partial charge is 0.262 e. The summed E-state index contributed by atoms with van der Waals surface area (Å²) in [4.78, 5) is 16.4. The molecule has 0 bridgehead atoms. The van der Waals surface area contributed by atoms with Gasteiger partial charge in [-0.15, -0.1) is 11.3 Å². The highest BCUT2D eigenvalue weighted by atomic mass is 32.1. The second-order valence-corrected chi connectivity index (χ2v) is 5.79. The number of hydrogen-bond donors (Lipinski definition) is 3. The molecule has 0 radical (unpaired) electrons. The molecule has 1 aromatic heterocycles. The molecule has 0 aromatic carbocycles. The SMILES string of the molecule is CCNC(=O)c1cnc(C2(O)CCC(N)CC2)s1. The lowest BCUT2D eigenvalue weighted by atomic mass is 9.83. The van der Waals surface area contributed by atoms with Crippen molar-refractivity contribution < 1.29 is 9.90 Å². The number of carbonyl (C=O) groups is 1. The normalized spacial score (nSPS) is 28.1. The van der Waals surface area contributed by atoms with Crippen molar-refractivity contribution in [3.63, 3.8) is 0 Å². The van der Waals surface area contributed by atoms with Gasteiger partial charge in [-0.3, -0.25) is 4.79 Å². The minimum absolute atomic E-state index is 0.127. The Kier molecular flexibility index (Phi) is 3.99. The maximum atomic E-state index is 11.7. The monoisotopic (exact) mass is 269 g/mol. The highest BCUT2D eigenvalue weighted by molar-refractivity contribution is 7.13. The van der Waals surface area contributed by atoms with Crippen LogP contribution in [0.5, 0.6) is 0 Å². The molecule has 1 aromatic rings. The molecule has 0 spiro atoms. The van der Waals surface area contributed by atoms with Crippen LogP contribution in [0.1, 0.15) is 47.3 Å². The van der Waals surface area contributed by atoms with Crippen molar-refractivity contribution in [1.82, 2.24) is 10.3 Å². The van der Waals surface area contributed by atoms with Gasteiger partial charge in [0.1, 0.15) is 15.5 Å². The van der Waals surface area contributed by atoms with Crippen molar-refractivity contribution in [3.8, 4) is 0 Å². The Morgan fingerprint density at radius 1 is 1.67 bits per heavy atom. The van der Waals surface area contributed by atoms with Gasteiger partial charge >= 0.3 is 0 Å². The Bertz CT molecular complexity index is 425. The molecule has 1 aliphatic rings. The predicted molar refractivity (Wildman–Crippen MR) is 70.5 cm³/mol. The number of aliphatic hydroxyl groups is 1. The number of aromatic nitrogens is 1. The molecule has 18 heavy (non-hydrogen) atoms. The second kappa shape index (κ2) is 5.34. The van der Waals surface area contributed by atoms with E-state index in [4.69, 9.17) is 5.73 Å². The second-order valence-electron chi connectivity index (χ2n) is 4.76. The molecule has 1 fully saturated rings. The van der Waals surface area contributed by atoms with Gasteiger partial charge in [0.25, 0.3) is 5.91 Å². The summed E-state index contributed by atoms with van der Waals surface area (Å²) in [6.45, 7) is 2.46. The lowest BCUT2D eigenvalue weighted by Crippen LogP contribution is -2.36. The number of amides is 1. The van der Waals surface area contributed by atoms with Crippen LogP contribution in [0.15, 0.2) is 6.20 Å². The average Bonchev–Trinajstić information content (AvgIpc) is 2.84. The lowest BCUT2D eigenvalue weighted by Gasteiger charge is -2.32. The third kappa shape index (κ3) is 2.71. The number of thiazole rings is 1. The summed E-state index contributed by atoms with van der Waals surface area (Å²) in [5.74, 6) is -0.127. The van der Waals surface area contributed by atoms with Gasteiger partial charge < -0.3 is 16.2 Å². The number of rotatable bonds is 3. The minimum Gasteiger partial charge on any atom is -0.383 e. The Morgan fingerprint density at radius 2 is 2.33 bits per heavy atom. The van der Waals surface area contributed by atoms with Crippen LogP contribution in [-0.4, -0.2) is 28.6 Å². The van der Waals surface area contributed by atoms with E-state index in [9.17, 15) is 9.90 Å². The van der Waals surface area contributed by atoms with Crippen molar-refractivity contribution in [2.24, 2.45) is 5.73 Å². The summed E-state index contributed by atoms with van der Waals surface area (Å²) in [5.41, 5.74) is 4.94. The summed E-state index contributed by atoms with van der Waals surface area (Å²) in [6.07, 6.45) is 4.38. The van der Waals surface area contributed by atoms with Crippen molar-refractivity contribution in [1.29, 1.82) is 0 Å². The fourth-order valence-corrected chi connectivity index (χ4v) is 3.15. The largest absolute Gasteiger partial charge is 0.383 e. The molecule has 0 atom stereocenters. The first-order valence-electron chi connectivity index (χ1n) is 6.27. The number of hydrogen-bond acceptors (Lipinski definition) is 5. The minimum atomic E-state index is -0.898. The Morgan fingerprint density at radius 3 is 2.94 bits per heavy atom. The number of nitrogens with one attached hydrogen (secondary N) is 1. The molecule has 1 saturated carbocycles. The number of carbonyl (C=O) groups excluding carboxylic acids is 1. The summed E-state index contributed by atoms with van der Waals surface area (Å²) < 4.78 is 0. The van der Waals surface area contributed by atoms with Crippen LogP contribution < -0.4 is 11.1 Å². The molecule has 0 saturated heterocycles. The Balaban J connectivity index is 2.12. The summed E-state index contributed by atoms with van der Waals surface area (Å²) in [6, 6.07) is 0.174. The molecular weight excluding hydrogens is 250 g/mol. The van der Waals surface area contributed by atoms with Crippen LogP contribution in [-0.2, 0) is 5.60 Å². The van der Waals surface area contributed by atoms with E-state index < -0.39 is 5.60 Å². The maximum absolute atomic E-state index is 11.7. The molecule has 100 valence electrons. The van der Waals surface area contributed by atoms with E-state index in [-0.39, 0.29) is 11.9 Å². The van der Waals surface area contributed by atoms with E-state index in [1.165, 1.54) is 17.5 Å². The summed E-state index contributed by atoms with van der Waals surface area (Å²) >= 11 is 1.27. The zero-order valence-electron chi connectivity index (χ0n) is 10.5. The highest BCUT2D eigenvalue weighted by Crippen LogP contribution is 2.38. The molecule has 0 unspecified atom stereocenters. The third-order valence-electron chi connectivity index (χ3n) is 3.32. The molecule has 0 aliphatic heterocycles. The molecule has 6 heteroatoms. The van der Waals surface area contributed by atoms with E-state index in [0.717, 1.165) is 12.8 Å². The van der Waals surface area contributed by atoms with Gasteiger partial charge in [-0.05, 0) is 32.6 Å². The van der Waals surface area contributed by atoms with E-state index in [2.05, 4.69) is 10.3 Å². The third-order valence-corrected chi connectivity index (χ3v) is 4.51. The molecule has 5 nitrogen and oxygen atoms in total. The molecule has 1 aliphatic carbocycles. The summed E-state index contributed by atoms with van der Waals surface area (Å²) in [5, 5.41) is 13.9. The van der Waals surface area contributed by atoms with Crippen molar-refractivity contribution in [2.45, 2.75) is 44.2 Å². The van der Waals surface area contributed by atoms with Crippen molar-refractivity contribution >= 4 is 17.2 Å². The van der Waals surface area contributed by atoms with Crippen LogP contribution in [0, 0.1) is 0 Å². The lowest BCUT2D eigenvalue weighted by molar-refractivity contribution is -0.00513. The average molecular weight is 269 g/mol. The Labute approximate surface area is 110 Å². The first-order chi connectivity index (χ1) is 8.55. The van der Waals surface area contributed by atoms with Crippen LogP contribution in [0.4, 0.5) is 0 Å². The van der Waals surface area contributed by atoms with E-state index in [1.807, 2.05) is 6.92 Å². The molecule has 1 heterocycles. The van der Waals surface area contributed by atoms with E-state index >= 15 is 0 Å². The van der Waals surface area contributed by atoms with Crippen LogP contribution in [0.25, 0.3) is 0 Å².